The van der Waals surface area contributed by atoms with Crippen LogP contribution in [0, 0.1) is 0 Å². The largest absolute Gasteiger partial charge is 0.374 e. The second-order valence-electron chi connectivity index (χ2n) is 3.90. The van der Waals surface area contributed by atoms with E-state index in [1.807, 2.05) is 14.1 Å². The highest BCUT2D eigenvalue weighted by atomic mass is 16.5. The molecule has 4 nitrogen and oxygen atoms in total. The molecule has 0 amide bonds. The molecule has 0 aromatic carbocycles. The van der Waals surface area contributed by atoms with E-state index in [9.17, 15) is 0 Å². The van der Waals surface area contributed by atoms with E-state index in [4.69, 9.17) is 4.74 Å². The number of nitrogens with zero attached hydrogens (tertiary/aromatic N) is 2. The van der Waals surface area contributed by atoms with Crippen molar-refractivity contribution in [2.24, 2.45) is 4.99 Å². The van der Waals surface area contributed by atoms with Crippen LogP contribution in [0.15, 0.2) is 4.99 Å². The van der Waals surface area contributed by atoms with Crippen LogP contribution in [0.4, 0.5) is 0 Å². The van der Waals surface area contributed by atoms with E-state index in [-0.39, 0.29) is 0 Å². The molecule has 1 saturated heterocycles. The summed E-state index contributed by atoms with van der Waals surface area (Å²) in [4.78, 5) is 6.63. The van der Waals surface area contributed by atoms with Gasteiger partial charge >= 0.3 is 0 Å². The fraction of sp³-hybridized carbons (Fsp3) is 0.900. The van der Waals surface area contributed by atoms with Crippen LogP contribution >= 0.6 is 0 Å². The molecule has 4 heteroatoms. The van der Waals surface area contributed by atoms with Gasteiger partial charge in [0, 0.05) is 20.6 Å². The molecule has 1 aliphatic heterocycles. The number of aliphatic imine (C=N–C) groups is 1. The van der Waals surface area contributed by atoms with Gasteiger partial charge in [0.25, 0.3) is 0 Å². The molecule has 1 N–H and O–H groups in total. The summed E-state index contributed by atoms with van der Waals surface area (Å²) >= 11 is 0. The second-order valence-corrected chi connectivity index (χ2v) is 3.90. The van der Waals surface area contributed by atoms with Crippen molar-refractivity contribution in [3.05, 3.63) is 0 Å². The Balaban J connectivity index is 2.09. The summed E-state index contributed by atoms with van der Waals surface area (Å²) in [6.07, 6.45) is 4.17. The maximum atomic E-state index is 5.75. The van der Waals surface area contributed by atoms with Crippen molar-refractivity contribution in [3.8, 4) is 0 Å². The zero-order valence-corrected chi connectivity index (χ0v) is 8.99. The van der Waals surface area contributed by atoms with Gasteiger partial charge in [0.05, 0.1) is 18.8 Å². The lowest BCUT2D eigenvalue weighted by Crippen LogP contribution is -2.54. The van der Waals surface area contributed by atoms with Gasteiger partial charge in [0.15, 0.2) is 5.96 Å². The van der Waals surface area contributed by atoms with Gasteiger partial charge in [-0.15, -0.1) is 0 Å². The molecule has 2 aliphatic rings. The smallest absolute Gasteiger partial charge is 0.193 e. The van der Waals surface area contributed by atoms with Crippen LogP contribution in [0.1, 0.15) is 19.3 Å². The van der Waals surface area contributed by atoms with Crippen molar-refractivity contribution >= 4 is 5.96 Å². The maximum absolute atomic E-state index is 5.75. The van der Waals surface area contributed by atoms with Gasteiger partial charge in [-0.25, -0.2) is 0 Å². The molecule has 2 fully saturated rings. The molecular weight excluding hydrogens is 178 g/mol. The number of morpholine rings is 1. The monoisotopic (exact) mass is 197 g/mol. The van der Waals surface area contributed by atoms with E-state index >= 15 is 0 Å². The minimum absolute atomic E-state index is 0.439. The SMILES string of the molecule is CN=C(NC)N1CCOC2CCCC21. The third-order valence-corrected chi connectivity index (χ3v) is 3.19. The van der Waals surface area contributed by atoms with E-state index in [2.05, 4.69) is 15.2 Å². The zero-order chi connectivity index (χ0) is 9.97. The molecule has 0 bridgehead atoms. The van der Waals surface area contributed by atoms with Crippen molar-refractivity contribution in [2.45, 2.75) is 31.4 Å². The first-order chi connectivity index (χ1) is 6.86. The summed E-state index contributed by atoms with van der Waals surface area (Å²) < 4.78 is 5.75. The molecule has 0 spiro atoms. The van der Waals surface area contributed by atoms with Crippen LogP contribution in [-0.2, 0) is 4.74 Å². The summed E-state index contributed by atoms with van der Waals surface area (Å²) in [7, 11) is 3.77. The average molecular weight is 197 g/mol. The van der Waals surface area contributed by atoms with Crippen LogP contribution in [0.25, 0.3) is 0 Å². The number of hydrogen-bond acceptors (Lipinski definition) is 2. The maximum Gasteiger partial charge on any atom is 0.193 e. The number of nitrogens with one attached hydrogen (secondary N) is 1. The molecule has 1 saturated carbocycles. The van der Waals surface area contributed by atoms with Crippen molar-refractivity contribution < 1.29 is 4.74 Å². The molecule has 1 heterocycles. The van der Waals surface area contributed by atoms with Gasteiger partial charge in [0.1, 0.15) is 0 Å². The molecule has 0 radical (unpaired) electrons. The Morgan fingerprint density at radius 2 is 2.36 bits per heavy atom. The number of guanidine groups is 1. The number of ether oxygens (including phenoxy) is 1. The summed E-state index contributed by atoms with van der Waals surface area (Å²) in [6, 6.07) is 0.551. The highest BCUT2D eigenvalue weighted by Crippen LogP contribution is 2.29. The van der Waals surface area contributed by atoms with Crippen LogP contribution in [0.5, 0.6) is 0 Å². The minimum atomic E-state index is 0.439. The molecule has 14 heavy (non-hydrogen) atoms. The Kier molecular flexibility index (Phi) is 2.91. The first-order valence-electron chi connectivity index (χ1n) is 5.39. The molecule has 0 aromatic rings. The van der Waals surface area contributed by atoms with Crippen LogP contribution in [0.2, 0.25) is 0 Å². The predicted molar refractivity (Wildman–Crippen MR) is 56.5 cm³/mol. The normalized spacial score (nSPS) is 33.0. The standard InChI is InChI=1S/C10H19N3O/c1-11-10(12-2)13-6-7-14-9-5-3-4-8(9)13/h8-9H,3-7H2,1-2H3,(H,11,12). The van der Waals surface area contributed by atoms with Crippen LogP contribution in [-0.4, -0.2) is 50.3 Å². The highest BCUT2D eigenvalue weighted by molar-refractivity contribution is 5.80. The van der Waals surface area contributed by atoms with E-state index in [1.54, 1.807) is 0 Å². The van der Waals surface area contributed by atoms with E-state index in [1.165, 1.54) is 19.3 Å². The third kappa shape index (κ3) is 1.59. The van der Waals surface area contributed by atoms with E-state index < -0.39 is 0 Å². The molecule has 80 valence electrons. The van der Waals surface area contributed by atoms with Gasteiger partial charge in [0.2, 0.25) is 0 Å². The molecule has 0 aromatic heterocycles. The van der Waals surface area contributed by atoms with Crippen LogP contribution < -0.4 is 5.32 Å². The number of fused-ring (bicyclic) bond motifs is 1. The molecule has 2 atom stereocenters. The molecular formula is C10H19N3O. The summed E-state index contributed by atoms with van der Waals surface area (Å²) in [5.41, 5.74) is 0. The van der Waals surface area contributed by atoms with Gasteiger partial charge < -0.3 is 15.0 Å². The van der Waals surface area contributed by atoms with Crippen molar-refractivity contribution in [1.29, 1.82) is 0 Å². The minimum Gasteiger partial charge on any atom is -0.374 e. The lowest BCUT2D eigenvalue weighted by molar-refractivity contribution is -0.0303. The van der Waals surface area contributed by atoms with Crippen molar-refractivity contribution in [3.63, 3.8) is 0 Å². The Labute approximate surface area is 85.3 Å². The van der Waals surface area contributed by atoms with Gasteiger partial charge in [-0.1, -0.05) is 0 Å². The highest BCUT2D eigenvalue weighted by Gasteiger charge is 2.37. The summed E-state index contributed by atoms with van der Waals surface area (Å²) in [6.45, 7) is 1.80. The third-order valence-electron chi connectivity index (χ3n) is 3.19. The Bertz CT molecular complexity index is 229. The predicted octanol–water partition coefficient (Wildman–Crippen LogP) is 0.445. The fourth-order valence-electron chi connectivity index (χ4n) is 2.57. The van der Waals surface area contributed by atoms with Crippen molar-refractivity contribution in [1.82, 2.24) is 10.2 Å². The Morgan fingerprint density at radius 1 is 1.50 bits per heavy atom. The Morgan fingerprint density at radius 3 is 3.07 bits per heavy atom. The Hall–Kier alpha value is -0.770. The van der Waals surface area contributed by atoms with Crippen molar-refractivity contribution in [2.75, 3.05) is 27.2 Å². The fourth-order valence-corrected chi connectivity index (χ4v) is 2.57. The quantitative estimate of drug-likeness (QED) is 0.452. The number of hydrogen-bond donors (Lipinski definition) is 1. The van der Waals surface area contributed by atoms with Gasteiger partial charge in [-0.3, -0.25) is 4.99 Å². The first-order valence-corrected chi connectivity index (χ1v) is 5.39. The molecule has 2 unspecified atom stereocenters. The average Bonchev–Trinajstić information content (AvgIpc) is 2.68. The van der Waals surface area contributed by atoms with Gasteiger partial charge in [-0.2, -0.15) is 0 Å². The summed E-state index contributed by atoms with van der Waals surface area (Å²) in [5.74, 6) is 1.00. The molecule has 2 rings (SSSR count). The lowest BCUT2D eigenvalue weighted by Gasteiger charge is -2.39. The lowest BCUT2D eigenvalue weighted by atomic mass is 10.1. The molecule has 1 aliphatic carbocycles. The first kappa shape index (κ1) is 9.77. The van der Waals surface area contributed by atoms with Crippen LogP contribution in [0.3, 0.4) is 0 Å². The van der Waals surface area contributed by atoms with Gasteiger partial charge in [-0.05, 0) is 19.3 Å². The second kappa shape index (κ2) is 4.17. The zero-order valence-electron chi connectivity index (χ0n) is 8.99. The topological polar surface area (TPSA) is 36.9 Å². The van der Waals surface area contributed by atoms with E-state index in [0.717, 1.165) is 19.1 Å². The number of rotatable bonds is 0. The van der Waals surface area contributed by atoms with E-state index in [0.29, 0.717) is 12.1 Å². The summed E-state index contributed by atoms with van der Waals surface area (Å²) in [5, 5.41) is 3.15.